The van der Waals surface area contributed by atoms with Gasteiger partial charge in [-0.1, -0.05) is 36.4 Å². The Kier molecular flexibility index (Phi) is 8.69. The van der Waals surface area contributed by atoms with Crippen LogP contribution in [0, 0.1) is 0 Å². The number of nitrogens with one attached hydrogen (secondary N) is 4. The van der Waals surface area contributed by atoms with Crippen LogP contribution in [-0.2, 0) is 22.6 Å². The van der Waals surface area contributed by atoms with E-state index in [0.29, 0.717) is 47.8 Å². The molecule has 4 N–H and O–H groups in total. The van der Waals surface area contributed by atoms with Gasteiger partial charge in [0.25, 0.3) is 5.91 Å². The molecule has 4 aromatic rings. The van der Waals surface area contributed by atoms with Gasteiger partial charge in [0.2, 0.25) is 11.8 Å². The smallest absolute Gasteiger partial charge is 0.251 e. The van der Waals surface area contributed by atoms with Crippen molar-refractivity contribution in [2.45, 2.75) is 19.4 Å². The summed E-state index contributed by atoms with van der Waals surface area (Å²) >= 11 is 0. The highest BCUT2D eigenvalue weighted by Gasteiger charge is 2.09. The molecule has 4 rings (SSSR count). The molecule has 0 aliphatic heterocycles. The van der Waals surface area contributed by atoms with Crippen LogP contribution in [0.1, 0.15) is 28.1 Å². The van der Waals surface area contributed by atoms with Crippen LogP contribution in [-0.4, -0.2) is 24.3 Å². The maximum atomic E-state index is 12.4. The van der Waals surface area contributed by atoms with E-state index in [1.165, 1.54) is 0 Å². The van der Waals surface area contributed by atoms with Crippen molar-refractivity contribution in [3.05, 3.63) is 114 Å². The molecule has 0 unspecified atom stereocenters. The van der Waals surface area contributed by atoms with Gasteiger partial charge in [0.1, 0.15) is 5.76 Å². The maximum absolute atomic E-state index is 12.4. The van der Waals surface area contributed by atoms with E-state index in [-0.39, 0.29) is 24.3 Å². The second-order valence-electron chi connectivity index (χ2n) is 8.36. The number of hydrogen-bond donors (Lipinski definition) is 4. The van der Waals surface area contributed by atoms with Crippen LogP contribution in [0.15, 0.2) is 102 Å². The number of rotatable bonds is 11. The first-order chi connectivity index (χ1) is 18.0. The zero-order valence-corrected chi connectivity index (χ0v) is 20.2. The number of hydrogen-bond acceptors (Lipinski definition) is 5. The van der Waals surface area contributed by atoms with E-state index in [4.69, 9.17) is 4.42 Å². The largest absolute Gasteiger partial charge is 0.467 e. The zero-order valence-electron chi connectivity index (χ0n) is 20.2. The number of anilines is 3. The molecule has 0 spiro atoms. The molecule has 3 amide bonds. The molecule has 1 aromatic heterocycles. The summed E-state index contributed by atoms with van der Waals surface area (Å²) in [6, 6.07) is 27.3. The summed E-state index contributed by atoms with van der Waals surface area (Å²) in [5, 5.41) is 11.5. The maximum Gasteiger partial charge on any atom is 0.251 e. The fourth-order valence-electron chi connectivity index (χ4n) is 3.60. The molecule has 0 aliphatic carbocycles. The summed E-state index contributed by atoms with van der Waals surface area (Å²) in [6.07, 6.45) is 2.62. The van der Waals surface area contributed by atoms with Crippen molar-refractivity contribution in [3.8, 4) is 0 Å². The molecule has 0 fully saturated rings. The predicted molar refractivity (Wildman–Crippen MR) is 143 cm³/mol. The normalized spacial score (nSPS) is 10.4. The summed E-state index contributed by atoms with van der Waals surface area (Å²) in [4.78, 5) is 37.0. The fourth-order valence-corrected chi connectivity index (χ4v) is 3.60. The molecule has 0 atom stereocenters. The van der Waals surface area contributed by atoms with Gasteiger partial charge in [-0.05, 0) is 66.6 Å². The van der Waals surface area contributed by atoms with Crippen LogP contribution in [0.5, 0.6) is 0 Å². The first-order valence-corrected chi connectivity index (χ1v) is 11.9. The first-order valence-electron chi connectivity index (χ1n) is 11.9. The van der Waals surface area contributed by atoms with Crippen molar-refractivity contribution >= 4 is 34.8 Å². The minimum atomic E-state index is -0.243. The molecule has 1 heterocycles. The van der Waals surface area contributed by atoms with Crippen molar-refractivity contribution in [1.29, 1.82) is 0 Å². The lowest BCUT2D eigenvalue weighted by Gasteiger charge is -2.10. The summed E-state index contributed by atoms with van der Waals surface area (Å²) in [6.45, 7) is 0.317. The number of carbonyl (C=O) groups is 3. The van der Waals surface area contributed by atoms with E-state index >= 15 is 0 Å². The Balaban J connectivity index is 1.20. The summed E-state index contributed by atoms with van der Waals surface area (Å²) in [7, 11) is 0. The molecule has 0 bridgehead atoms. The Labute approximate surface area is 215 Å². The second kappa shape index (κ2) is 12.7. The Morgan fingerprint density at radius 1 is 0.703 bits per heavy atom. The highest BCUT2D eigenvalue weighted by atomic mass is 16.3. The SMILES string of the molecule is O=C(CCc1ccccc1)Nc1ccc(NC(=O)CNc2cccc(C(=O)NCc3ccco3)c2)cc1. The highest BCUT2D eigenvalue weighted by Crippen LogP contribution is 2.15. The van der Waals surface area contributed by atoms with Crippen molar-refractivity contribution in [2.75, 3.05) is 22.5 Å². The molecule has 0 radical (unpaired) electrons. The van der Waals surface area contributed by atoms with Gasteiger partial charge >= 0.3 is 0 Å². The number of aryl methyl sites for hydroxylation is 1. The predicted octanol–water partition coefficient (Wildman–Crippen LogP) is 4.83. The Hall–Kier alpha value is -4.85. The minimum Gasteiger partial charge on any atom is -0.467 e. The van der Waals surface area contributed by atoms with E-state index < -0.39 is 0 Å². The van der Waals surface area contributed by atoms with Crippen LogP contribution in [0.25, 0.3) is 0 Å². The van der Waals surface area contributed by atoms with Crippen LogP contribution >= 0.6 is 0 Å². The van der Waals surface area contributed by atoms with Gasteiger partial charge in [-0.25, -0.2) is 0 Å². The highest BCUT2D eigenvalue weighted by molar-refractivity contribution is 5.96. The van der Waals surface area contributed by atoms with Crippen LogP contribution in [0.2, 0.25) is 0 Å². The van der Waals surface area contributed by atoms with Gasteiger partial charge < -0.3 is 25.7 Å². The van der Waals surface area contributed by atoms with E-state index in [2.05, 4.69) is 21.3 Å². The standard InChI is InChI=1S/C29H28N4O4/c34-27(16-11-21-6-2-1-3-7-21)32-23-12-14-24(15-13-23)33-28(35)20-30-25-9-4-8-22(18-25)29(36)31-19-26-10-5-17-37-26/h1-10,12-15,17-18,30H,11,16,19-20H2,(H,31,36)(H,32,34)(H,33,35). The van der Waals surface area contributed by atoms with Gasteiger partial charge in [0.05, 0.1) is 19.4 Å². The molecule has 37 heavy (non-hydrogen) atoms. The van der Waals surface area contributed by atoms with Crippen LogP contribution in [0.4, 0.5) is 17.1 Å². The second-order valence-corrected chi connectivity index (χ2v) is 8.36. The van der Waals surface area contributed by atoms with E-state index in [0.717, 1.165) is 5.56 Å². The van der Waals surface area contributed by atoms with Crippen LogP contribution in [0.3, 0.4) is 0 Å². The van der Waals surface area contributed by atoms with Gasteiger partial charge in [-0.2, -0.15) is 0 Å². The van der Waals surface area contributed by atoms with Crippen molar-refractivity contribution < 1.29 is 18.8 Å². The lowest BCUT2D eigenvalue weighted by atomic mass is 10.1. The Morgan fingerprint density at radius 3 is 2.14 bits per heavy atom. The molecule has 8 nitrogen and oxygen atoms in total. The topological polar surface area (TPSA) is 112 Å². The molecule has 8 heteroatoms. The monoisotopic (exact) mass is 496 g/mol. The van der Waals surface area contributed by atoms with Crippen LogP contribution < -0.4 is 21.3 Å². The first kappa shape index (κ1) is 25.2. The fraction of sp³-hybridized carbons (Fsp3) is 0.138. The molecular weight excluding hydrogens is 468 g/mol. The van der Waals surface area contributed by atoms with Gasteiger partial charge in [-0.15, -0.1) is 0 Å². The van der Waals surface area contributed by atoms with Crippen molar-refractivity contribution in [2.24, 2.45) is 0 Å². The Morgan fingerprint density at radius 2 is 1.43 bits per heavy atom. The van der Waals surface area contributed by atoms with Gasteiger partial charge in [-0.3, -0.25) is 14.4 Å². The lowest BCUT2D eigenvalue weighted by molar-refractivity contribution is -0.116. The average molecular weight is 497 g/mol. The molecule has 0 saturated heterocycles. The zero-order chi connectivity index (χ0) is 25.9. The van der Waals surface area contributed by atoms with E-state index in [1.54, 1.807) is 66.9 Å². The number of carbonyl (C=O) groups excluding carboxylic acids is 3. The van der Waals surface area contributed by atoms with Gasteiger partial charge in [0, 0.05) is 29.0 Å². The minimum absolute atomic E-state index is 0.0233. The van der Waals surface area contributed by atoms with E-state index in [1.807, 2.05) is 30.3 Å². The number of furan rings is 1. The lowest BCUT2D eigenvalue weighted by Crippen LogP contribution is -2.23. The number of amides is 3. The third-order valence-electron chi connectivity index (χ3n) is 5.52. The van der Waals surface area contributed by atoms with E-state index in [9.17, 15) is 14.4 Å². The third-order valence-corrected chi connectivity index (χ3v) is 5.52. The average Bonchev–Trinajstić information content (AvgIpc) is 3.45. The molecular formula is C29H28N4O4. The summed E-state index contributed by atoms with van der Waals surface area (Å²) < 4.78 is 5.22. The molecule has 0 saturated carbocycles. The number of benzene rings is 3. The van der Waals surface area contributed by atoms with Crippen molar-refractivity contribution in [1.82, 2.24) is 5.32 Å². The molecule has 0 aliphatic rings. The van der Waals surface area contributed by atoms with Gasteiger partial charge in [0.15, 0.2) is 0 Å². The van der Waals surface area contributed by atoms with Crippen molar-refractivity contribution in [3.63, 3.8) is 0 Å². The third kappa shape index (κ3) is 8.10. The summed E-state index contributed by atoms with van der Waals surface area (Å²) in [5.74, 6) is 0.114. The quantitative estimate of drug-likeness (QED) is 0.238. The molecule has 188 valence electrons. The Bertz CT molecular complexity index is 1320. The summed E-state index contributed by atoms with van der Waals surface area (Å²) in [5.41, 5.74) is 3.51. The molecule has 3 aromatic carbocycles.